The van der Waals surface area contributed by atoms with Crippen LogP contribution in [0, 0.1) is 5.41 Å². The summed E-state index contributed by atoms with van der Waals surface area (Å²) in [6, 6.07) is -0.472. The first-order valence-electron chi connectivity index (χ1n) is 7.74. The van der Waals surface area contributed by atoms with Crippen LogP contribution < -0.4 is 11.1 Å². The summed E-state index contributed by atoms with van der Waals surface area (Å²) in [5.74, 6) is -0.926. The number of carbonyl (C=O) groups is 2. The second-order valence-electron chi connectivity index (χ2n) is 6.10. The van der Waals surface area contributed by atoms with Crippen LogP contribution in [-0.4, -0.2) is 29.6 Å². The number of carboxylic acids is 1. The van der Waals surface area contributed by atoms with Gasteiger partial charge in [0.1, 0.15) is 0 Å². The molecular weight excluding hydrogens is 256 g/mol. The molecule has 116 valence electrons. The summed E-state index contributed by atoms with van der Waals surface area (Å²) in [4.78, 5) is 23.0. The zero-order valence-electron chi connectivity index (χ0n) is 12.5. The van der Waals surface area contributed by atoms with Gasteiger partial charge in [0.15, 0.2) is 0 Å². The van der Waals surface area contributed by atoms with Gasteiger partial charge in [0.05, 0.1) is 12.5 Å². The molecule has 5 nitrogen and oxygen atoms in total. The lowest BCUT2D eigenvalue weighted by atomic mass is 9.71. The van der Waals surface area contributed by atoms with Crippen LogP contribution in [0.15, 0.2) is 0 Å². The van der Waals surface area contributed by atoms with E-state index in [2.05, 4.69) is 12.2 Å². The van der Waals surface area contributed by atoms with E-state index in [0.717, 1.165) is 44.9 Å². The lowest BCUT2D eigenvalue weighted by Gasteiger charge is -2.36. The number of aliphatic carboxylic acids is 1. The maximum absolute atomic E-state index is 11.9. The largest absolute Gasteiger partial charge is 0.481 e. The highest BCUT2D eigenvalue weighted by molar-refractivity contribution is 5.81. The van der Waals surface area contributed by atoms with Gasteiger partial charge in [-0.15, -0.1) is 0 Å². The third-order valence-corrected chi connectivity index (χ3v) is 4.28. The van der Waals surface area contributed by atoms with Crippen LogP contribution in [0.2, 0.25) is 0 Å². The quantitative estimate of drug-likeness (QED) is 0.636. The Balaban J connectivity index is 2.49. The average Bonchev–Trinajstić information content (AvgIpc) is 2.42. The molecular formula is C15H28N2O3. The zero-order chi connectivity index (χ0) is 15.0. The van der Waals surface area contributed by atoms with E-state index < -0.39 is 12.0 Å². The first-order valence-corrected chi connectivity index (χ1v) is 7.74. The summed E-state index contributed by atoms with van der Waals surface area (Å²) in [5, 5.41) is 12.0. The van der Waals surface area contributed by atoms with Gasteiger partial charge in [-0.1, -0.05) is 39.0 Å². The molecule has 20 heavy (non-hydrogen) atoms. The normalized spacial score (nSPS) is 19.3. The molecule has 0 aromatic rings. The van der Waals surface area contributed by atoms with Gasteiger partial charge in [-0.2, -0.15) is 0 Å². The minimum absolute atomic E-state index is 0.136. The number of rotatable bonds is 8. The second kappa shape index (κ2) is 8.25. The molecule has 4 N–H and O–H groups in total. The van der Waals surface area contributed by atoms with E-state index in [1.54, 1.807) is 0 Å². The van der Waals surface area contributed by atoms with E-state index in [-0.39, 0.29) is 17.7 Å². The van der Waals surface area contributed by atoms with Crippen molar-refractivity contribution in [1.82, 2.24) is 5.32 Å². The summed E-state index contributed by atoms with van der Waals surface area (Å²) in [6.07, 6.45) is 7.79. The molecule has 1 aliphatic carbocycles. The molecule has 0 aromatic carbocycles. The van der Waals surface area contributed by atoms with Gasteiger partial charge < -0.3 is 16.2 Å². The van der Waals surface area contributed by atoms with Crippen LogP contribution in [0.4, 0.5) is 0 Å². The van der Waals surface area contributed by atoms with Crippen LogP contribution >= 0.6 is 0 Å². The van der Waals surface area contributed by atoms with E-state index in [1.165, 1.54) is 0 Å². The fourth-order valence-corrected chi connectivity index (χ4v) is 3.00. The van der Waals surface area contributed by atoms with Crippen molar-refractivity contribution in [1.29, 1.82) is 0 Å². The maximum atomic E-state index is 11.9. The third-order valence-electron chi connectivity index (χ3n) is 4.28. The highest BCUT2D eigenvalue weighted by Crippen LogP contribution is 2.38. The molecule has 1 amide bonds. The van der Waals surface area contributed by atoms with Gasteiger partial charge in [-0.3, -0.25) is 9.59 Å². The maximum Gasteiger partial charge on any atom is 0.303 e. The van der Waals surface area contributed by atoms with E-state index in [9.17, 15) is 9.59 Å². The summed E-state index contributed by atoms with van der Waals surface area (Å²) >= 11 is 0. The van der Waals surface area contributed by atoms with Crippen LogP contribution in [0.25, 0.3) is 0 Å². The third kappa shape index (κ3) is 5.49. The minimum Gasteiger partial charge on any atom is -0.481 e. The van der Waals surface area contributed by atoms with E-state index in [0.29, 0.717) is 13.0 Å². The predicted molar refractivity (Wildman–Crippen MR) is 78.3 cm³/mol. The Bertz CT molecular complexity index is 325. The van der Waals surface area contributed by atoms with Gasteiger partial charge in [0.25, 0.3) is 0 Å². The van der Waals surface area contributed by atoms with Gasteiger partial charge >= 0.3 is 5.97 Å². The topological polar surface area (TPSA) is 92.4 Å². The minimum atomic E-state index is -0.781. The lowest BCUT2D eigenvalue weighted by molar-refractivity contribution is -0.140. The summed E-state index contributed by atoms with van der Waals surface area (Å²) < 4.78 is 0. The van der Waals surface area contributed by atoms with E-state index >= 15 is 0 Å². The average molecular weight is 284 g/mol. The molecule has 1 rings (SSSR count). The zero-order valence-corrected chi connectivity index (χ0v) is 12.5. The monoisotopic (exact) mass is 284 g/mol. The smallest absolute Gasteiger partial charge is 0.303 e. The molecule has 0 unspecified atom stereocenters. The van der Waals surface area contributed by atoms with Gasteiger partial charge in [-0.25, -0.2) is 0 Å². The molecule has 0 aromatic heterocycles. The molecule has 1 fully saturated rings. The molecule has 1 atom stereocenters. The first kappa shape index (κ1) is 17.0. The number of unbranched alkanes of at least 4 members (excludes halogenated alkanes) is 1. The Labute approximate surface area is 121 Å². The van der Waals surface area contributed by atoms with Gasteiger partial charge in [0, 0.05) is 6.54 Å². The number of carbonyl (C=O) groups excluding carboxylic acids is 1. The Morgan fingerprint density at radius 2 is 1.95 bits per heavy atom. The van der Waals surface area contributed by atoms with Crippen molar-refractivity contribution in [2.45, 2.75) is 70.8 Å². The molecule has 0 heterocycles. The number of hydrogen-bond acceptors (Lipinski definition) is 3. The van der Waals surface area contributed by atoms with Crippen LogP contribution in [0.1, 0.15) is 64.7 Å². The number of carboxylic acid groups (broad SMARTS) is 1. The molecule has 0 bridgehead atoms. The Morgan fingerprint density at radius 1 is 1.30 bits per heavy atom. The summed E-state index contributed by atoms with van der Waals surface area (Å²) in [5.41, 5.74) is 5.56. The van der Waals surface area contributed by atoms with E-state index in [4.69, 9.17) is 10.8 Å². The second-order valence-corrected chi connectivity index (χ2v) is 6.10. The summed E-state index contributed by atoms with van der Waals surface area (Å²) in [7, 11) is 0. The van der Waals surface area contributed by atoms with Gasteiger partial charge in [0.2, 0.25) is 5.91 Å². The van der Waals surface area contributed by atoms with Crippen LogP contribution in [0.5, 0.6) is 0 Å². The fourth-order valence-electron chi connectivity index (χ4n) is 3.00. The molecule has 5 heteroatoms. The summed E-state index contributed by atoms with van der Waals surface area (Å²) in [6.45, 7) is 2.51. The fraction of sp³-hybridized carbons (Fsp3) is 0.867. The van der Waals surface area contributed by atoms with Crippen LogP contribution in [-0.2, 0) is 9.59 Å². The SMILES string of the molecule is CCCC[C@H](N)C(=O)NCC1(CC(=O)O)CCCCC1. The number of nitrogens with one attached hydrogen (secondary N) is 1. The van der Waals surface area contributed by atoms with Crippen molar-refractivity contribution < 1.29 is 14.7 Å². The van der Waals surface area contributed by atoms with E-state index in [1.807, 2.05) is 0 Å². The molecule has 1 saturated carbocycles. The van der Waals surface area contributed by atoms with Crippen molar-refractivity contribution in [2.24, 2.45) is 11.1 Å². The highest BCUT2D eigenvalue weighted by Gasteiger charge is 2.35. The number of nitrogens with two attached hydrogens (primary N) is 1. The highest BCUT2D eigenvalue weighted by atomic mass is 16.4. The predicted octanol–water partition coefficient (Wildman–Crippen LogP) is 2.05. The van der Waals surface area contributed by atoms with Gasteiger partial charge in [-0.05, 0) is 24.7 Å². The van der Waals surface area contributed by atoms with Crippen molar-refractivity contribution in [3.63, 3.8) is 0 Å². The van der Waals surface area contributed by atoms with Crippen molar-refractivity contribution in [3.05, 3.63) is 0 Å². The number of amides is 1. The molecule has 0 saturated heterocycles. The van der Waals surface area contributed by atoms with Crippen molar-refractivity contribution >= 4 is 11.9 Å². The lowest BCUT2D eigenvalue weighted by Crippen LogP contribution is -2.46. The van der Waals surface area contributed by atoms with Crippen molar-refractivity contribution in [2.75, 3.05) is 6.54 Å². The Hall–Kier alpha value is -1.10. The number of hydrogen-bond donors (Lipinski definition) is 3. The molecule has 0 aliphatic heterocycles. The van der Waals surface area contributed by atoms with Crippen molar-refractivity contribution in [3.8, 4) is 0 Å². The Morgan fingerprint density at radius 3 is 2.50 bits per heavy atom. The Kier molecular flexibility index (Phi) is 6.99. The molecule has 0 spiro atoms. The standard InChI is InChI=1S/C15H28N2O3/c1-2-3-7-12(16)14(20)17-11-15(10-13(18)19)8-5-4-6-9-15/h12H,2-11,16H2,1H3,(H,17,20)(H,18,19)/t12-/m0/s1. The molecule has 1 aliphatic rings. The molecule has 0 radical (unpaired) electrons. The van der Waals surface area contributed by atoms with Crippen LogP contribution in [0.3, 0.4) is 0 Å². The first-order chi connectivity index (χ1) is 9.49.